The third kappa shape index (κ3) is 12.2. The molecule has 0 unspecified atom stereocenters. The Balaban J connectivity index is 1.29. The van der Waals surface area contributed by atoms with Crippen molar-refractivity contribution in [3.63, 3.8) is 0 Å². The fraction of sp³-hybridized carbons (Fsp3) is 0.224. The van der Waals surface area contributed by atoms with E-state index in [-0.39, 0.29) is 31.1 Å². The van der Waals surface area contributed by atoms with Crippen LogP contribution in [0.2, 0.25) is 0 Å². The number of hydrogen-bond donors (Lipinski definition) is 0. The molecule has 0 saturated carbocycles. The number of anilines is 6. The molecule has 0 bridgehead atoms. The number of hydrogen-bond acceptors (Lipinski definition) is 8. The minimum atomic E-state index is -0.389. The third-order valence-corrected chi connectivity index (χ3v) is 11.5. The monoisotopic (exact) mass is 880 g/mol. The molecule has 0 heterocycles. The van der Waals surface area contributed by atoms with Crippen LogP contribution in [0.4, 0.5) is 34.1 Å². The van der Waals surface area contributed by atoms with Crippen molar-refractivity contribution in [3.8, 4) is 11.1 Å². The molecule has 0 atom stereocenters. The van der Waals surface area contributed by atoms with Crippen LogP contribution in [-0.2, 0) is 47.9 Å². The lowest BCUT2D eigenvalue weighted by molar-refractivity contribution is -0.139. The molecule has 0 aliphatic heterocycles. The van der Waals surface area contributed by atoms with E-state index in [2.05, 4.69) is 185 Å². The molecule has 0 spiro atoms. The van der Waals surface area contributed by atoms with Crippen molar-refractivity contribution in [2.24, 2.45) is 0 Å². The first-order valence-corrected chi connectivity index (χ1v) is 22.2. The summed E-state index contributed by atoms with van der Waals surface area (Å²) in [6, 6.07) is 44.8. The summed E-state index contributed by atoms with van der Waals surface area (Å²) in [4.78, 5) is 40.4. The van der Waals surface area contributed by atoms with Gasteiger partial charge in [0.1, 0.15) is 0 Å². The fourth-order valence-electron chi connectivity index (χ4n) is 7.48. The molecule has 0 fully saturated rings. The Morgan fingerprint density at radius 1 is 0.394 bits per heavy atom. The molecule has 0 aliphatic rings. The summed E-state index contributed by atoms with van der Waals surface area (Å²) >= 11 is 0. The molecule has 6 rings (SSSR count). The summed E-state index contributed by atoms with van der Waals surface area (Å²) in [5.74, 6) is -1.15. The highest BCUT2D eigenvalue weighted by molar-refractivity contribution is 5.88. The largest absolute Gasteiger partial charge is 0.462 e. The molecule has 66 heavy (non-hydrogen) atoms. The summed E-state index contributed by atoms with van der Waals surface area (Å²) in [7, 11) is 0. The van der Waals surface area contributed by atoms with Gasteiger partial charge in [0.25, 0.3) is 0 Å². The molecule has 8 heteroatoms. The summed E-state index contributed by atoms with van der Waals surface area (Å²) in [6.07, 6.45) is 1.78. The number of nitrogens with zero attached hydrogens (tertiary/aromatic N) is 2. The number of carbonyl (C=O) groups is 3. The maximum absolute atomic E-state index is 12.0. The second kappa shape index (κ2) is 22.0. The number of esters is 3. The number of rotatable bonds is 19. The van der Waals surface area contributed by atoms with Crippen LogP contribution in [0.25, 0.3) is 11.1 Å². The quantitative estimate of drug-likeness (QED) is 0.0452. The molecule has 8 nitrogen and oxygen atoms in total. The van der Waals surface area contributed by atoms with Crippen molar-refractivity contribution in [1.82, 2.24) is 0 Å². The molecule has 6 aromatic carbocycles. The smallest absolute Gasteiger partial charge is 0.333 e. The van der Waals surface area contributed by atoms with Gasteiger partial charge in [0, 0.05) is 70.1 Å². The Hall–Kier alpha value is -7.45. The van der Waals surface area contributed by atoms with Gasteiger partial charge >= 0.3 is 17.9 Å². The third-order valence-electron chi connectivity index (χ3n) is 11.5. The van der Waals surface area contributed by atoms with Crippen LogP contribution >= 0.6 is 0 Å². The molecular weight excluding hydrogens is 821 g/mol. The van der Waals surface area contributed by atoms with Gasteiger partial charge in [-0.05, 0) is 171 Å². The van der Waals surface area contributed by atoms with Crippen LogP contribution in [0, 0.1) is 27.7 Å². The van der Waals surface area contributed by atoms with E-state index >= 15 is 0 Å². The lowest BCUT2D eigenvalue weighted by atomic mass is 9.98. The Morgan fingerprint density at radius 2 is 0.712 bits per heavy atom. The molecule has 338 valence electrons. The molecule has 6 aromatic rings. The standard InChI is InChI=1S/C58H60N2O6/c1-38(2)56(61)64-32-29-45-12-21-50(22-13-45)59(51-23-14-46(15-24-51)30-33-65-57(62)39(3)4)54-27-18-48(35-43(54)9)49-19-28-55(44(10)36-49)60(53-20-11-41(7)42(8)37-53)52-25-16-47(17-26-52)31-34-66-58(63)40(5)6/h11-28,35-37H,1,3,5,29-34H2,2,4,6-10H3. The number of carbonyl (C=O) groups excluding carboxylic acids is 3. The van der Waals surface area contributed by atoms with E-state index in [1.165, 1.54) is 11.1 Å². The van der Waals surface area contributed by atoms with Crippen LogP contribution in [-0.4, -0.2) is 37.7 Å². The van der Waals surface area contributed by atoms with Crippen molar-refractivity contribution in [3.05, 3.63) is 203 Å². The van der Waals surface area contributed by atoms with Gasteiger partial charge in [-0.25, -0.2) is 14.4 Å². The van der Waals surface area contributed by atoms with Gasteiger partial charge in [0.05, 0.1) is 19.8 Å². The highest BCUT2D eigenvalue weighted by atomic mass is 16.5. The number of aryl methyl sites for hydroxylation is 4. The molecule has 0 saturated heterocycles. The number of benzene rings is 6. The second-order valence-electron chi connectivity index (χ2n) is 16.9. The van der Waals surface area contributed by atoms with E-state index in [0.29, 0.717) is 42.6 Å². The van der Waals surface area contributed by atoms with Gasteiger partial charge < -0.3 is 24.0 Å². The average molecular weight is 881 g/mol. The van der Waals surface area contributed by atoms with E-state index in [1.54, 1.807) is 20.8 Å². The van der Waals surface area contributed by atoms with Gasteiger partial charge in [0.15, 0.2) is 0 Å². The highest BCUT2D eigenvalue weighted by Gasteiger charge is 2.19. The normalized spacial score (nSPS) is 10.8. The van der Waals surface area contributed by atoms with E-state index in [0.717, 1.165) is 73.1 Å². The minimum absolute atomic E-state index is 0.271. The predicted molar refractivity (Wildman–Crippen MR) is 269 cm³/mol. The zero-order valence-corrected chi connectivity index (χ0v) is 39.3. The van der Waals surface area contributed by atoms with Crippen LogP contribution in [0.15, 0.2) is 164 Å². The lowest BCUT2D eigenvalue weighted by Gasteiger charge is -2.29. The van der Waals surface area contributed by atoms with Crippen molar-refractivity contribution < 1.29 is 28.6 Å². The lowest BCUT2D eigenvalue weighted by Crippen LogP contribution is -2.12. The predicted octanol–water partition coefficient (Wildman–Crippen LogP) is 13.5. The summed E-state index contributed by atoms with van der Waals surface area (Å²) in [5, 5.41) is 0. The zero-order chi connectivity index (χ0) is 47.5. The van der Waals surface area contributed by atoms with E-state index in [1.807, 2.05) is 0 Å². The maximum Gasteiger partial charge on any atom is 0.333 e. The van der Waals surface area contributed by atoms with E-state index in [9.17, 15) is 14.4 Å². The average Bonchev–Trinajstić information content (AvgIpc) is 3.30. The van der Waals surface area contributed by atoms with Crippen molar-refractivity contribution in [1.29, 1.82) is 0 Å². The Bertz CT molecular complexity index is 2670. The van der Waals surface area contributed by atoms with Gasteiger partial charge in [-0.1, -0.05) is 74.3 Å². The Morgan fingerprint density at radius 3 is 1.02 bits per heavy atom. The van der Waals surface area contributed by atoms with Crippen LogP contribution in [0.3, 0.4) is 0 Å². The fourth-order valence-corrected chi connectivity index (χ4v) is 7.48. The van der Waals surface area contributed by atoms with Crippen LogP contribution in [0.1, 0.15) is 59.7 Å². The highest BCUT2D eigenvalue weighted by Crippen LogP contribution is 2.41. The first-order valence-electron chi connectivity index (χ1n) is 22.2. The van der Waals surface area contributed by atoms with Crippen molar-refractivity contribution in [2.75, 3.05) is 29.6 Å². The molecule has 0 amide bonds. The number of ether oxygens (including phenoxy) is 3. The van der Waals surface area contributed by atoms with E-state index in [4.69, 9.17) is 14.2 Å². The van der Waals surface area contributed by atoms with E-state index < -0.39 is 0 Å². The SMILES string of the molecule is C=C(C)C(=O)OCCc1ccc(N(c2ccc(CCOC(=O)C(=C)C)cc2)c2ccc(-c3ccc(N(c4ccc(CCOC(=O)C(=C)C)cc4)c4ccc(C)c(C)c4)c(C)c3)cc2C)cc1. The van der Waals surface area contributed by atoms with Crippen molar-refractivity contribution >= 4 is 52.0 Å². The molecule has 0 N–H and O–H groups in total. The topological polar surface area (TPSA) is 85.4 Å². The van der Waals surface area contributed by atoms with Gasteiger partial charge in [-0.15, -0.1) is 0 Å². The molecule has 0 aliphatic carbocycles. The van der Waals surface area contributed by atoms with Gasteiger partial charge in [-0.3, -0.25) is 0 Å². The molecule has 0 aromatic heterocycles. The molecule has 0 radical (unpaired) electrons. The van der Waals surface area contributed by atoms with Gasteiger partial charge in [0.2, 0.25) is 0 Å². The molecular formula is C58H60N2O6. The maximum atomic E-state index is 12.0. The summed E-state index contributed by atoms with van der Waals surface area (Å²) in [6.45, 7) is 25.3. The summed E-state index contributed by atoms with van der Waals surface area (Å²) in [5.41, 5.74) is 17.3. The van der Waals surface area contributed by atoms with Crippen LogP contribution < -0.4 is 9.80 Å². The Labute approximate surface area is 390 Å². The van der Waals surface area contributed by atoms with Crippen molar-refractivity contribution in [2.45, 2.75) is 67.7 Å². The first-order chi connectivity index (χ1) is 31.6. The first kappa shape index (κ1) is 48.0. The second-order valence-corrected chi connectivity index (χ2v) is 16.9. The zero-order valence-electron chi connectivity index (χ0n) is 39.3. The Kier molecular flexibility index (Phi) is 16.0. The van der Waals surface area contributed by atoms with Gasteiger partial charge in [-0.2, -0.15) is 0 Å². The summed E-state index contributed by atoms with van der Waals surface area (Å²) < 4.78 is 16.1. The minimum Gasteiger partial charge on any atom is -0.462 e. The van der Waals surface area contributed by atoms with Crippen LogP contribution in [0.5, 0.6) is 0 Å².